The minimum atomic E-state index is -0.150. The highest BCUT2D eigenvalue weighted by atomic mass is 32.1. The average molecular weight is 184 g/mol. The van der Waals surface area contributed by atoms with Gasteiger partial charge in [-0.05, 0) is 25.3 Å². The van der Waals surface area contributed by atoms with Gasteiger partial charge in [0.1, 0.15) is 0 Å². The van der Waals surface area contributed by atoms with Gasteiger partial charge < -0.3 is 10.6 Å². The summed E-state index contributed by atoms with van der Waals surface area (Å²) in [6.07, 6.45) is 0. The Labute approximate surface area is 75.8 Å². The number of thiophene rings is 1. The van der Waals surface area contributed by atoms with E-state index in [0.29, 0.717) is 0 Å². The number of rotatable bonds is 2. The molecule has 0 atom stereocenters. The van der Waals surface area contributed by atoms with Crippen molar-refractivity contribution in [2.24, 2.45) is 0 Å². The minimum Gasteiger partial charge on any atom is -0.336 e. The summed E-state index contributed by atoms with van der Waals surface area (Å²) in [7, 11) is 0. The van der Waals surface area contributed by atoms with Crippen LogP contribution in [0.15, 0.2) is 16.8 Å². The van der Waals surface area contributed by atoms with Crippen molar-refractivity contribution in [3.63, 3.8) is 0 Å². The highest BCUT2D eigenvalue weighted by Gasteiger charge is 2.02. The molecule has 0 aliphatic heterocycles. The van der Waals surface area contributed by atoms with Gasteiger partial charge in [-0.1, -0.05) is 0 Å². The van der Waals surface area contributed by atoms with E-state index in [1.807, 2.05) is 30.7 Å². The van der Waals surface area contributed by atoms with E-state index in [1.54, 1.807) is 11.3 Å². The zero-order chi connectivity index (χ0) is 8.97. The molecule has 0 radical (unpaired) electrons. The number of hydrogen-bond donors (Lipinski definition) is 2. The van der Waals surface area contributed by atoms with Crippen molar-refractivity contribution in [1.29, 1.82) is 0 Å². The van der Waals surface area contributed by atoms with Crippen LogP contribution in [0.2, 0.25) is 0 Å². The maximum atomic E-state index is 11.1. The smallest absolute Gasteiger partial charge is 0.319 e. The molecule has 0 bridgehead atoms. The number of anilines is 1. The molecule has 1 heterocycles. The van der Waals surface area contributed by atoms with Crippen LogP contribution in [0.25, 0.3) is 0 Å². The molecule has 12 heavy (non-hydrogen) atoms. The molecular weight excluding hydrogens is 172 g/mol. The Morgan fingerprint density at radius 3 is 2.83 bits per heavy atom. The molecule has 1 aromatic heterocycles. The topological polar surface area (TPSA) is 41.1 Å². The largest absolute Gasteiger partial charge is 0.336 e. The molecule has 4 heteroatoms. The van der Waals surface area contributed by atoms with Crippen LogP contribution in [0.5, 0.6) is 0 Å². The summed E-state index contributed by atoms with van der Waals surface area (Å²) >= 11 is 1.56. The summed E-state index contributed by atoms with van der Waals surface area (Å²) in [4.78, 5) is 11.1. The van der Waals surface area contributed by atoms with Crippen molar-refractivity contribution in [1.82, 2.24) is 5.32 Å². The first-order chi connectivity index (χ1) is 5.68. The molecule has 0 fully saturated rings. The monoisotopic (exact) mass is 184 g/mol. The fraction of sp³-hybridized carbons (Fsp3) is 0.375. The highest BCUT2D eigenvalue weighted by Crippen LogP contribution is 2.11. The molecule has 66 valence electrons. The van der Waals surface area contributed by atoms with Crippen LogP contribution < -0.4 is 10.6 Å². The van der Waals surface area contributed by atoms with Gasteiger partial charge in [-0.15, -0.1) is 0 Å². The van der Waals surface area contributed by atoms with E-state index < -0.39 is 0 Å². The fourth-order valence-corrected chi connectivity index (χ4v) is 1.35. The number of urea groups is 1. The second kappa shape index (κ2) is 4.11. The Balaban J connectivity index is 2.37. The van der Waals surface area contributed by atoms with Gasteiger partial charge in [0.2, 0.25) is 0 Å². The number of amides is 2. The normalized spacial score (nSPS) is 9.92. The Morgan fingerprint density at radius 1 is 1.58 bits per heavy atom. The summed E-state index contributed by atoms with van der Waals surface area (Å²) in [6, 6.07) is 1.89. The highest BCUT2D eigenvalue weighted by molar-refractivity contribution is 7.08. The van der Waals surface area contributed by atoms with E-state index in [1.165, 1.54) is 0 Å². The molecule has 0 spiro atoms. The van der Waals surface area contributed by atoms with Crippen molar-refractivity contribution < 1.29 is 4.79 Å². The van der Waals surface area contributed by atoms with Crippen LogP contribution >= 0.6 is 11.3 Å². The Morgan fingerprint density at radius 2 is 2.33 bits per heavy atom. The first-order valence-electron chi connectivity index (χ1n) is 3.78. The summed E-state index contributed by atoms with van der Waals surface area (Å²) < 4.78 is 0. The van der Waals surface area contributed by atoms with Crippen molar-refractivity contribution >= 4 is 23.1 Å². The van der Waals surface area contributed by atoms with Gasteiger partial charge in [-0.2, -0.15) is 11.3 Å². The fourth-order valence-electron chi connectivity index (χ4n) is 0.765. The molecule has 0 aliphatic rings. The molecule has 2 amide bonds. The van der Waals surface area contributed by atoms with Gasteiger partial charge in [0, 0.05) is 11.4 Å². The predicted octanol–water partition coefficient (Wildman–Crippen LogP) is 2.28. The van der Waals surface area contributed by atoms with Gasteiger partial charge in [0.05, 0.1) is 5.69 Å². The SMILES string of the molecule is CC(C)NC(=O)Nc1ccsc1. The first-order valence-corrected chi connectivity index (χ1v) is 4.72. The molecule has 1 aromatic rings. The van der Waals surface area contributed by atoms with Crippen molar-refractivity contribution in [2.45, 2.75) is 19.9 Å². The molecule has 2 N–H and O–H groups in total. The molecule has 0 unspecified atom stereocenters. The first kappa shape index (κ1) is 9.06. The maximum absolute atomic E-state index is 11.1. The van der Waals surface area contributed by atoms with E-state index >= 15 is 0 Å². The molecule has 1 rings (SSSR count). The van der Waals surface area contributed by atoms with Crippen molar-refractivity contribution in [2.75, 3.05) is 5.32 Å². The number of nitrogens with one attached hydrogen (secondary N) is 2. The third kappa shape index (κ3) is 2.92. The second-order valence-electron chi connectivity index (χ2n) is 2.77. The Hall–Kier alpha value is -1.03. The van der Waals surface area contributed by atoms with Gasteiger partial charge in [0.25, 0.3) is 0 Å². The molecule has 0 saturated heterocycles. The number of carbonyl (C=O) groups excluding carboxylic acids is 1. The van der Waals surface area contributed by atoms with Crippen LogP contribution in [-0.2, 0) is 0 Å². The lowest BCUT2D eigenvalue weighted by molar-refractivity contribution is 0.250. The molecular formula is C8H12N2OS. The van der Waals surface area contributed by atoms with Crippen molar-refractivity contribution in [3.8, 4) is 0 Å². The molecule has 3 nitrogen and oxygen atoms in total. The lowest BCUT2D eigenvalue weighted by Crippen LogP contribution is -2.33. The third-order valence-electron chi connectivity index (χ3n) is 1.20. The standard InChI is InChI=1S/C8H12N2OS/c1-6(2)9-8(11)10-7-3-4-12-5-7/h3-6H,1-2H3,(H2,9,10,11). The minimum absolute atomic E-state index is 0.150. The van der Waals surface area contributed by atoms with Gasteiger partial charge >= 0.3 is 6.03 Å². The summed E-state index contributed by atoms with van der Waals surface area (Å²) in [5.74, 6) is 0. The second-order valence-corrected chi connectivity index (χ2v) is 3.55. The summed E-state index contributed by atoms with van der Waals surface area (Å²) in [6.45, 7) is 3.85. The predicted molar refractivity (Wildman–Crippen MR) is 51.6 cm³/mol. The maximum Gasteiger partial charge on any atom is 0.319 e. The zero-order valence-electron chi connectivity index (χ0n) is 7.13. The molecule has 0 saturated carbocycles. The van der Waals surface area contributed by atoms with Gasteiger partial charge in [0.15, 0.2) is 0 Å². The van der Waals surface area contributed by atoms with E-state index in [2.05, 4.69) is 10.6 Å². The van der Waals surface area contributed by atoms with Crippen LogP contribution in [0, 0.1) is 0 Å². The summed E-state index contributed by atoms with van der Waals surface area (Å²) in [5, 5.41) is 9.26. The van der Waals surface area contributed by atoms with E-state index in [9.17, 15) is 4.79 Å². The van der Waals surface area contributed by atoms with E-state index in [-0.39, 0.29) is 12.1 Å². The third-order valence-corrected chi connectivity index (χ3v) is 1.88. The summed E-state index contributed by atoms with van der Waals surface area (Å²) in [5.41, 5.74) is 0.846. The lowest BCUT2D eigenvalue weighted by atomic mass is 10.4. The van der Waals surface area contributed by atoms with Crippen LogP contribution in [0.4, 0.5) is 10.5 Å². The van der Waals surface area contributed by atoms with Gasteiger partial charge in [-0.25, -0.2) is 4.79 Å². The van der Waals surface area contributed by atoms with Crippen LogP contribution in [0.3, 0.4) is 0 Å². The van der Waals surface area contributed by atoms with Crippen LogP contribution in [0.1, 0.15) is 13.8 Å². The quantitative estimate of drug-likeness (QED) is 0.727. The lowest BCUT2D eigenvalue weighted by Gasteiger charge is -2.08. The number of carbonyl (C=O) groups is 1. The Kier molecular flexibility index (Phi) is 3.10. The molecule has 0 aliphatic carbocycles. The average Bonchev–Trinajstić information content (AvgIpc) is 2.37. The van der Waals surface area contributed by atoms with E-state index in [0.717, 1.165) is 5.69 Å². The zero-order valence-corrected chi connectivity index (χ0v) is 7.94. The van der Waals surface area contributed by atoms with Crippen LogP contribution in [-0.4, -0.2) is 12.1 Å². The van der Waals surface area contributed by atoms with E-state index in [4.69, 9.17) is 0 Å². The van der Waals surface area contributed by atoms with Gasteiger partial charge in [-0.3, -0.25) is 0 Å². The molecule has 0 aromatic carbocycles. The van der Waals surface area contributed by atoms with Crippen molar-refractivity contribution in [3.05, 3.63) is 16.8 Å². The number of hydrogen-bond acceptors (Lipinski definition) is 2. The Bertz CT molecular complexity index is 244.